The number of pyridine rings is 1. The molecule has 0 aliphatic carbocycles. The van der Waals surface area contributed by atoms with Crippen LogP contribution in [0.5, 0.6) is 11.5 Å². The molecule has 8 heteroatoms. The Morgan fingerprint density at radius 2 is 1.87 bits per heavy atom. The van der Waals surface area contributed by atoms with Gasteiger partial charge in [-0.25, -0.2) is 13.8 Å². The lowest BCUT2D eigenvalue weighted by Gasteiger charge is -2.07. The number of fused-ring (bicyclic) bond motifs is 1. The van der Waals surface area contributed by atoms with Gasteiger partial charge in [-0.05, 0) is 30.3 Å². The normalized spacial score (nSPS) is 10.7. The fraction of sp³-hybridized carbons (Fsp3) is 0. The Kier molecular flexibility index (Phi) is 3.57. The summed E-state index contributed by atoms with van der Waals surface area (Å²) in [4.78, 5) is 13.7. The largest absolute Gasteiger partial charge is 0.448 e. The van der Waals surface area contributed by atoms with E-state index in [2.05, 4.69) is 4.98 Å². The van der Waals surface area contributed by atoms with Gasteiger partial charge in [-0.15, -0.1) is 0 Å². The zero-order valence-electron chi connectivity index (χ0n) is 11.3. The summed E-state index contributed by atoms with van der Waals surface area (Å²) < 4.78 is 45.5. The second-order valence-electron chi connectivity index (χ2n) is 4.55. The maximum atomic E-state index is 13.6. The molecule has 3 aromatic rings. The van der Waals surface area contributed by atoms with Gasteiger partial charge in [0.25, 0.3) is 0 Å². The van der Waals surface area contributed by atoms with Gasteiger partial charge >= 0.3 is 5.69 Å². The minimum atomic E-state index is -1.11. The lowest BCUT2D eigenvalue weighted by Crippen LogP contribution is -1.97. The molecule has 0 aliphatic heterocycles. The number of aromatic nitrogens is 1. The van der Waals surface area contributed by atoms with Crippen LogP contribution in [0.15, 0.2) is 42.6 Å². The number of halogens is 3. The summed E-state index contributed by atoms with van der Waals surface area (Å²) in [6, 6.07) is 6.93. The van der Waals surface area contributed by atoms with E-state index < -0.39 is 28.1 Å². The van der Waals surface area contributed by atoms with Crippen molar-refractivity contribution >= 4 is 16.6 Å². The van der Waals surface area contributed by atoms with Crippen LogP contribution >= 0.6 is 0 Å². The molecule has 116 valence electrons. The smallest absolute Gasteiger partial charge is 0.346 e. The lowest BCUT2D eigenvalue weighted by atomic mass is 10.2. The van der Waals surface area contributed by atoms with Gasteiger partial charge in [-0.3, -0.25) is 10.1 Å². The van der Waals surface area contributed by atoms with Crippen LogP contribution in [-0.4, -0.2) is 9.91 Å². The van der Waals surface area contributed by atoms with Gasteiger partial charge < -0.3 is 4.74 Å². The van der Waals surface area contributed by atoms with Crippen LogP contribution in [0.1, 0.15) is 0 Å². The molecule has 0 N–H and O–H groups in total. The van der Waals surface area contributed by atoms with E-state index in [1.807, 2.05) is 0 Å². The average Bonchev–Trinajstić information content (AvgIpc) is 2.51. The molecule has 0 unspecified atom stereocenters. The van der Waals surface area contributed by atoms with Crippen LogP contribution in [-0.2, 0) is 0 Å². The first-order valence-corrected chi connectivity index (χ1v) is 6.32. The lowest BCUT2D eigenvalue weighted by molar-refractivity contribution is -0.388. The Morgan fingerprint density at radius 1 is 1.09 bits per heavy atom. The highest BCUT2D eigenvalue weighted by molar-refractivity contribution is 5.80. The molecule has 5 nitrogen and oxygen atoms in total. The quantitative estimate of drug-likeness (QED) is 0.531. The van der Waals surface area contributed by atoms with Gasteiger partial charge in [0.2, 0.25) is 11.6 Å². The fourth-order valence-electron chi connectivity index (χ4n) is 2.06. The first-order valence-electron chi connectivity index (χ1n) is 6.32. The van der Waals surface area contributed by atoms with Crippen LogP contribution in [0.25, 0.3) is 10.9 Å². The van der Waals surface area contributed by atoms with E-state index in [0.717, 1.165) is 18.3 Å². The van der Waals surface area contributed by atoms with E-state index in [0.29, 0.717) is 0 Å². The van der Waals surface area contributed by atoms with Crippen molar-refractivity contribution in [3.05, 3.63) is 70.2 Å². The molecule has 0 bridgehead atoms. The van der Waals surface area contributed by atoms with Gasteiger partial charge in [0.05, 0.1) is 11.1 Å². The molecule has 1 heterocycles. The summed E-state index contributed by atoms with van der Waals surface area (Å²) in [6.45, 7) is 0. The van der Waals surface area contributed by atoms with Crippen molar-refractivity contribution in [3.63, 3.8) is 0 Å². The Hall–Kier alpha value is -3.16. The molecule has 3 rings (SSSR count). The van der Waals surface area contributed by atoms with Gasteiger partial charge in [0.15, 0.2) is 11.6 Å². The number of ether oxygens (including phenoxy) is 1. The van der Waals surface area contributed by atoms with Gasteiger partial charge in [0, 0.05) is 5.39 Å². The third kappa shape index (κ3) is 2.66. The first kappa shape index (κ1) is 14.8. The number of para-hydroxylation sites is 1. The molecule has 0 saturated heterocycles. The van der Waals surface area contributed by atoms with Crippen LogP contribution < -0.4 is 4.74 Å². The van der Waals surface area contributed by atoms with Gasteiger partial charge in [-0.1, -0.05) is 6.07 Å². The molecular formula is C15H7F3N2O3. The number of nitrogens with zero attached hydrogens (tertiary/aromatic N) is 2. The topological polar surface area (TPSA) is 65.3 Å². The third-order valence-electron chi connectivity index (χ3n) is 3.08. The molecule has 0 saturated carbocycles. The van der Waals surface area contributed by atoms with Crippen LogP contribution in [0, 0.1) is 27.6 Å². The molecular weight excluding hydrogens is 313 g/mol. The number of rotatable bonds is 3. The highest BCUT2D eigenvalue weighted by Crippen LogP contribution is 2.34. The highest BCUT2D eigenvalue weighted by atomic mass is 19.2. The number of benzene rings is 2. The van der Waals surface area contributed by atoms with Crippen molar-refractivity contribution in [1.29, 1.82) is 0 Å². The Labute approximate surface area is 127 Å². The summed E-state index contributed by atoms with van der Waals surface area (Å²) in [5, 5.41) is 11.1. The molecule has 0 atom stereocenters. The van der Waals surface area contributed by atoms with E-state index in [-0.39, 0.29) is 22.4 Å². The van der Waals surface area contributed by atoms with E-state index in [9.17, 15) is 23.3 Å². The molecule has 0 radical (unpaired) electrons. The van der Waals surface area contributed by atoms with E-state index in [1.165, 1.54) is 24.3 Å². The third-order valence-corrected chi connectivity index (χ3v) is 3.08. The highest BCUT2D eigenvalue weighted by Gasteiger charge is 2.22. The first-order chi connectivity index (χ1) is 11.0. The average molecular weight is 320 g/mol. The molecule has 2 aromatic carbocycles. The van der Waals surface area contributed by atoms with Crippen molar-refractivity contribution in [2.24, 2.45) is 0 Å². The summed E-state index contributed by atoms with van der Waals surface area (Å²) >= 11 is 0. The summed E-state index contributed by atoms with van der Waals surface area (Å²) in [6.07, 6.45) is 1.07. The number of nitro groups is 1. The minimum Gasteiger partial charge on any atom is -0.448 e. The molecule has 0 aliphatic rings. The van der Waals surface area contributed by atoms with Crippen molar-refractivity contribution in [2.75, 3.05) is 0 Å². The monoisotopic (exact) mass is 320 g/mol. The van der Waals surface area contributed by atoms with Crippen molar-refractivity contribution < 1.29 is 22.8 Å². The van der Waals surface area contributed by atoms with E-state index in [4.69, 9.17) is 4.74 Å². The molecule has 0 spiro atoms. The summed E-state index contributed by atoms with van der Waals surface area (Å²) in [5.41, 5.74) is -1.02. The summed E-state index contributed by atoms with van der Waals surface area (Å²) in [7, 11) is 0. The van der Waals surface area contributed by atoms with E-state index >= 15 is 0 Å². The number of hydrogen-bond acceptors (Lipinski definition) is 4. The predicted octanol–water partition coefficient (Wildman–Crippen LogP) is 4.35. The zero-order valence-corrected chi connectivity index (χ0v) is 11.3. The van der Waals surface area contributed by atoms with Crippen molar-refractivity contribution in [1.82, 2.24) is 4.98 Å². The van der Waals surface area contributed by atoms with Crippen molar-refractivity contribution in [2.45, 2.75) is 0 Å². The van der Waals surface area contributed by atoms with Crippen LogP contribution in [0.4, 0.5) is 18.9 Å². The molecule has 0 amide bonds. The second-order valence-corrected chi connectivity index (χ2v) is 4.55. The SMILES string of the molecule is O=[N+]([O-])c1c(F)cccc1Oc1cnc2c(F)c(F)ccc2c1. The number of hydrogen-bond donors (Lipinski definition) is 0. The predicted molar refractivity (Wildman–Crippen MR) is 74.8 cm³/mol. The Bertz CT molecular complexity index is 931. The number of nitro benzene ring substituents is 1. The molecule has 1 aromatic heterocycles. The van der Waals surface area contributed by atoms with Crippen molar-refractivity contribution in [3.8, 4) is 11.5 Å². The van der Waals surface area contributed by atoms with Gasteiger partial charge in [-0.2, -0.15) is 4.39 Å². The maximum absolute atomic E-state index is 13.6. The standard InChI is InChI=1S/C15H7F3N2O3/c16-10-5-4-8-6-9(7-19-14(8)13(10)18)23-12-3-1-2-11(17)15(12)20(21)22/h1-7H. The zero-order chi connectivity index (χ0) is 16.6. The minimum absolute atomic E-state index is 0.0252. The van der Waals surface area contributed by atoms with E-state index in [1.54, 1.807) is 0 Å². The van der Waals surface area contributed by atoms with Gasteiger partial charge in [0.1, 0.15) is 11.3 Å². The maximum Gasteiger partial charge on any atom is 0.346 e. The van der Waals surface area contributed by atoms with Crippen LogP contribution in [0.2, 0.25) is 0 Å². The Morgan fingerprint density at radius 3 is 2.61 bits per heavy atom. The molecule has 23 heavy (non-hydrogen) atoms. The Balaban J connectivity index is 2.05. The molecule has 0 fully saturated rings. The van der Waals surface area contributed by atoms with Crippen LogP contribution in [0.3, 0.4) is 0 Å². The second kappa shape index (κ2) is 5.56. The summed E-state index contributed by atoms with van der Waals surface area (Å²) in [5.74, 6) is -3.49. The fourth-order valence-corrected chi connectivity index (χ4v) is 2.06.